The molecule has 0 bridgehead atoms. The smallest absolute Gasteiger partial charge is 0.0910 e. The first kappa shape index (κ1) is 15.5. The normalized spacial score (nSPS) is 26.4. The Labute approximate surface area is 129 Å². The second-order valence-corrected chi connectivity index (χ2v) is 9.43. The van der Waals surface area contributed by atoms with Gasteiger partial charge in [0.15, 0.2) is 0 Å². The highest BCUT2D eigenvalue weighted by Crippen LogP contribution is 2.45. The summed E-state index contributed by atoms with van der Waals surface area (Å²) in [4.78, 5) is 1.13. The average Bonchev–Trinajstić information content (AvgIpc) is 2.68. The van der Waals surface area contributed by atoms with Gasteiger partial charge in [0.2, 0.25) is 0 Å². The molecule has 1 saturated carbocycles. The Hall–Kier alpha value is 0.140. The maximum absolute atomic E-state index is 10.6. The quantitative estimate of drug-likeness (QED) is 0.728. The van der Waals surface area contributed by atoms with Crippen molar-refractivity contribution in [3.63, 3.8) is 0 Å². The van der Waals surface area contributed by atoms with Crippen LogP contribution in [0.1, 0.15) is 63.0 Å². The maximum atomic E-state index is 10.6. The lowest BCUT2D eigenvalue weighted by molar-refractivity contribution is 0.0549. The Morgan fingerprint density at radius 2 is 1.84 bits per heavy atom. The molecule has 19 heavy (non-hydrogen) atoms. The van der Waals surface area contributed by atoms with E-state index in [0.717, 1.165) is 27.4 Å². The molecular formula is C16H25BrOS. The van der Waals surface area contributed by atoms with Crippen LogP contribution < -0.4 is 0 Å². The summed E-state index contributed by atoms with van der Waals surface area (Å²) in [6, 6.07) is 2.13. The van der Waals surface area contributed by atoms with Crippen LogP contribution >= 0.6 is 27.3 Å². The molecule has 1 aromatic rings. The van der Waals surface area contributed by atoms with Crippen LogP contribution in [-0.4, -0.2) is 5.11 Å². The molecule has 1 nitrogen and oxygen atoms in total. The predicted molar refractivity (Wildman–Crippen MR) is 86.6 cm³/mol. The van der Waals surface area contributed by atoms with Crippen molar-refractivity contribution in [1.29, 1.82) is 0 Å². The molecule has 1 aliphatic carbocycles. The highest BCUT2D eigenvalue weighted by atomic mass is 79.9. The summed E-state index contributed by atoms with van der Waals surface area (Å²) in [6.45, 7) is 9.11. The van der Waals surface area contributed by atoms with Gasteiger partial charge < -0.3 is 5.11 Å². The fraction of sp³-hybridized carbons (Fsp3) is 0.750. The Balaban J connectivity index is 1.98. The number of halogens is 1. The van der Waals surface area contributed by atoms with Gasteiger partial charge in [0, 0.05) is 4.88 Å². The molecule has 1 fully saturated rings. The zero-order chi connectivity index (χ0) is 14.2. The topological polar surface area (TPSA) is 20.2 Å². The first-order chi connectivity index (χ1) is 8.79. The number of thiophene rings is 1. The third kappa shape index (κ3) is 3.62. The van der Waals surface area contributed by atoms with E-state index in [2.05, 4.69) is 49.7 Å². The second kappa shape index (κ2) is 5.87. The average molecular weight is 345 g/mol. The summed E-state index contributed by atoms with van der Waals surface area (Å²) < 4.78 is 1.16. The van der Waals surface area contributed by atoms with E-state index in [-0.39, 0.29) is 6.10 Å². The van der Waals surface area contributed by atoms with E-state index in [0.29, 0.717) is 11.3 Å². The fourth-order valence-corrected chi connectivity index (χ4v) is 4.81. The van der Waals surface area contributed by atoms with Crippen molar-refractivity contribution in [2.45, 2.75) is 59.5 Å². The van der Waals surface area contributed by atoms with Gasteiger partial charge >= 0.3 is 0 Å². The monoisotopic (exact) mass is 344 g/mol. The maximum Gasteiger partial charge on any atom is 0.0910 e. The molecule has 0 radical (unpaired) electrons. The second-order valence-electron chi connectivity index (χ2n) is 7.03. The first-order valence-corrected chi connectivity index (χ1v) is 8.84. The summed E-state index contributed by atoms with van der Waals surface area (Å²) in [5.74, 6) is 1.26. The van der Waals surface area contributed by atoms with Crippen molar-refractivity contribution >= 4 is 27.3 Å². The molecule has 3 heteroatoms. The van der Waals surface area contributed by atoms with Crippen LogP contribution in [0.25, 0.3) is 0 Å². The number of hydrogen-bond donors (Lipinski definition) is 1. The van der Waals surface area contributed by atoms with Crippen molar-refractivity contribution < 1.29 is 5.11 Å². The molecule has 1 aromatic heterocycles. The van der Waals surface area contributed by atoms with Crippen molar-refractivity contribution in [2.75, 3.05) is 0 Å². The molecule has 1 heterocycles. The number of aliphatic hydroxyl groups is 1. The van der Waals surface area contributed by atoms with E-state index in [1.165, 1.54) is 18.4 Å². The zero-order valence-electron chi connectivity index (χ0n) is 12.4. The Morgan fingerprint density at radius 3 is 2.26 bits per heavy atom. The SMILES string of the molecule is Cc1cc(C(O)C2CCC(C(C)(C)C)CC2)sc1Br. The van der Waals surface area contributed by atoms with E-state index in [9.17, 15) is 5.11 Å². The van der Waals surface area contributed by atoms with Gasteiger partial charge in [-0.3, -0.25) is 0 Å². The van der Waals surface area contributed by atoms with Crippen LogP contribution in [0.5, 0.6) is 0 Å². The molecule has 0 aromatic carbocycles. The van der Waals surface area contributed by atoms with Gasteiger partial charge in [-0.1, -0.05) is 20.8 Å². The molecule has 1 unspecified atom stereocenters. The number of aliphatic hydroxyl groups excluding tert-OH is 1. The van der Waals surface area contributed by atoms with E-state index in [4.69, 9.17) is 0 Å². The first-order valence-electron chi connectivity index (χ1n) is 7.23. The molecule has 0 amide bonds. The summed E-state index contributed by atoms with van der Waals surface area (Å²) in [5, 5.41) is 10.6. The van der Waals surface area contributed by atoms with E-state index >= 15 is 0 Å². The van der Waals surface area contributed by atoms with Gasteiger partial charge in [0.05, 0.1) is 9.89 Å². The fourth-order valence-electron chi connectivity index (χ4n) is 3.16. The molecular weight excluding hydrogens is 320 g/mol. The lowest BCUT2D eigenvalue weighted by Crippen LogP contribution is -2.27. The standard InChI is InChI=1S/C16H25BrOS/c1-10-9-13(19-15(10)17)14(18)11-5-7-12(8-6-11)16(2,3)4/h9,11-12,14,18H,5-8H2,1-4H3. The van der Waals surface area contributed by atoms with Crippen molar-refractivity contribution in [3.05, 3.63) is 20.3 Å². The minimum absolute atomic E-state index is 0.268. The molecule has 0 aliphatic heterocycles. The minimum Gasteiger partial charge on any atom is -0.387 e. The molecule has 1 aliphatic rings. The van der Waals surface area contributed by atoms with E-state index in [1.807, 2.05) is 0 Å². The predicted octanol–water partition coefficient (Wildman–Crippen LogP) is 5.70. The molecule has 2 rings (SSSR count). The van der Waals surface area contributed by atoms with Crippen molar-refractivity contribution in [1.82, 2.24) is 0 Å². The Bertz CT molecular complexity index is 405. The summed E-state index contributed by atoms with van der Waals surface area (Å²) >= 11 is 5.24. The van der Waals surface area contributed by atoms with Gasteiger partial charge in [-0.15, -0.1) is 11.3 Å². The molecule has 0 saturated heterocycles. The molecule has 0 spiro atoms. The van der Waals surface area contributed by atoms with E-state index < -0.39 is 0 Å². The molecule has 108 valence electrons. The summed E-state index contributed by atoms with van der Waals surface area (Å²) in [6.07, 6.45) is 4.58. The van der Waals surface area contributed by atoms with E-state index in [1.54, 1.807) is 11.3 Å². The third-order valence-electron chi connectivity index (χ3n) is 4.61. The van der Waals surface area contributed by atoms with Crippen LogP contribution in [0.4, 0.5) is 0 Å². The number of hydrogen-bond acceptors (Lipinski definition) is 2. The van der Waals surface area contributed by atoms with Crippen LogP contribution in [0, 0.1) is 24.2 Å². The van der Waals surface area contributed by atoms with Gasteiger partial charge in [-0.25, -0.2) is 0 Å². The van der Waals surface area contributed by atoms with Crippen molar-refractivity contribution in [2.24, 2.45) is 17.3 Å². The number of aryl methyl sites for hydroxylation is 1. The highest BCUT2D eigenvalue weighted by Gasteiger charge is 2.33. The minimum atomic E-state index is -0.268. The molecule has 1 N–H and O–H groups in total. The highest BCUT2D eigenvalue weighted by molar-refractivity contribution is 9.11. The zero-order valence-corrected chi connectivity index (χ0v) is 14.8. The third-order valence-corrected chi connectivity index (χ3v) is 6.82. The van der Waals surface area contributed by atoms with Gasteiger partial charge in [0.25, 0.3) is 0 Å². The lowest BCUT2D eigenvalue weighted by Gasteiger charge is -2.38. The summed E-state index contributed by atoms with van der Waals surface area (Å²) in [5.41, 5.74) is 1.65. The lowest BCUT2D eigenvalue weighted by atomic mass is 9.69. The van der Waals surface area contributed by atoms with Gasteiger partial charge in [-0.2, -0.15) is 0 Å². The Morgan fingerprint density at radius 1 is 1.26 bits per heavy atom. The van der Waals surface area contributed by atoms with Crippen LogP contribution in [0.15, 0.2) is 9.85 Å². The molecule has 1 atom stereocenters. The summed E-state index contributed by atoms with van der Waals surface area (Å²) in [7, 11) is 0. The van der Waals surface area contributed by atoms with Crippen LogP contribution in [0.3, 0.4) is 0 Å². The van der Waals surface area contributed by atoms with Gasteiger partial charge in [-0.05, 0) is 77.4 Å². The largest absolute Gasteiger partial charge is 0.387 e. The number of rotatable bonds is 2. The van der Waals surface area contributed by atoms with Crippen molar-refractivity contribution in [3.8, 4) is 0 Å². The van der Waals surface area contributed by atoms with Crippen LogP contribution in [0.2, 0.25) is 0 Å². The van der Waals surface area contributed by atoms with Gasteiger partial charge in [0.1, 0.15) is 0 Å². The van der Waals surface area contributed by atoms with Crippen LogP contribution in [-0.2, 0) is 0 Å². The Kier molecular flexibility index (Phi) is 4.79.